The second-order valence-electron chi connectivity index (χ2n) is 10.2. The predicted octanol–water partition coefficient (Wildman–Crippen LogP) is 8.19. The molecule has 0 bridgehead atoms. The molecule has 208 valence electrons. The van der Waals surface area contributed by atoms with E-state index in [1.165, 1.54) is 76.3 Å². The summed E-state index contributed by atoms with van der Waals surface area (Å²) < 4.78 is 0. The van der Waals surface area contributed by atoms with E-state index in [2.05, 4.69) is 27.4 Å². The fourth-order valence-corrected chi connectivity index (χ4v) is 4.80. The van der Waals surface area contributed by atoms with Crippen LogP contribution in [0, 0.1) is 0 Å². The van der Waals surface area contributed by atoms with Crippen LogP contribution in [0.4, 0.5) is 0 Å². The van der Waals surface area contributed by atoms with Crippen LogP contribution < -0.4 is 5.43 Å². The molecule has 0 saturated carbocycles. The van der Waals surface area contributed by atoms with Crippen LogP contribution in [0.3, 0.4) is 0 Å². The third-order valence-corrected chi connectivity index (χ3v) is 7.02. The Morgan fingerprint density at radius 3 is 1.74 bits per heavy atom. The van der Waals surface area contributed by atoms with Gasteiger partial charge in [-0.3, -0.25) is 14.8 Å². The van der Waals surface area contributed by atoms with Crippen molar-refractivity contribution in [3.05, 3.63) is 90.0 Å². The second-order valence-corrected chi connectivity index (χ2v) is 10.2. The van der Waals surface area contributed by atoms with E-state index in [1.54, 1.807) is 24.5 Å². The number of phenols is 1. The van der Waals surface area contributed by atoms with Gasteiger partial charge < -0.3 is 5.11 Å². The average molecular weight is 529 g/mol. The Morgan fingerprint density at radius 2 is 1.26 bits per heavy atom. The quantitative estimate of drug-likeness (QED) is 0.0989. The summed E-state index contributed by atoms with van der Waals surface area (Å²) in [4.78, 5) is 22.0. The van der Waals surface area contributed by atoms with E-state index in [0.717, 1.165) is 36.4 Å². The monoisotopic (exact) mass is 528 g/mol. The molecule has 0 saturated heterocycles. The fourth-order valence-electron chi connectivity index (χ4n) is 4.80. The molecule has 0 spiro atoms. The highest BCUT2D eigenvalue weighted by Crippen LogP contribution is 2.26. The Labute approximate surface area is 234 Å². The van der Waals surface area contributed by atoms with E-state index in [1.807, 2.05) is 36.4 Å². The number of carbonyl (C=O) groups excluding carboxylic acids is 1. The van der Waals surface area contributed by atoms with Gasteiger partial charge in [0.1, 0.15) is 5.75 Å². The normalized spacial score (nSPS) is 11.6. The summed E-state index contributed by atoms with van der Waals surface area (Å²) in [5.41, 5.74) is 5.73. The Bertz CT molecular complexity index is 1060. The van der Waals surface area contributed by atoms with Gasteiger partial charge in [0, 0.05) is 18.0 Å². The summed E-state index contributed by atoms with van der Waals surface area (Å²) in [6, 6.07) is 17.9. The van der Waals surface area contributed by atoms with Crippen LogP contribution in [0.15, 0.2) is 78.2 Å². The number of carbonyl (C=O) groups is 1. The van der Waals surface area contributed by atoms with Crippen molar-refractivity contribution in [3.63, 3.8) is 0 Å². The zero-order valence-electron chi connectivity index (χ0n) is 23.4. The maximum Gasteiger partial charge on any atom is 0.271 e. The number of hydrogen-bond donors (Lipinski definition) is 2. The Morgan fingerprint density at radius 1 is 0.744 bits per heavy atom. The van der Waals surface area contributed by atoms with Crippen molar-refractivity contribution < 1.29 is 9.90 Å². The van der Waals surface area contributed by atoms with Gasteiger partial charge in [0.05, 0.1) is 23.0 Å². The predicted molar refractivity (Wildman–Crippen MR) is 159 cm³/mol. The van der Waals surface area contributed by atoms with Crippen LogP contribution in [0.2, 0.25) is 0 Å². The van der Waals surface area contributed by atoms with Crippen LogP contribution in [-0.4, -0.2) is 26.7 Å². The standard InChI is InChI=1S/C33H44N4O2/c1-2-3-4-5-6-7-8-9-10-11-12-13-20-31(36-37-33(39)27-21-23-28(38)24-22-27)32(29-18-14-16-25-34-29)30-19-15-17-26-35-30/h14-19,21-26,32,38H,2-13,20H2,1H3,(H,37,39). The van der Waals surface area contributed by atoms with Crippen molar-refractivity contribution in [2.75, 3.05) is 0 Å². The number of aromatic nitrogens is 2. The minimum Gasteiger partial charge on any atom is -0.508 e. The van der Waals surface area contributed by atoms with Gasteiger partial charge in [0.25, 0.3) is 5.91 Å². The van der Waals surface area contributed by atoms with E-state index in [0.29, 0.717) is 5.56 Å². The molecule has 6 nitrogen and oxygen atoms in total. The van der Waals surface area contributed by atoms with Gasteiger partial charge in [-0.2, -0.15) is 5.10 Å². The van der Waals surface area contributed by atoms with E-state index < -0.39 is 0 Å². The smallest absolute Gasteiger partial charge is 0.271 e. The number of amides is 1. The van der Waals surface area contributed by atoms with Gasteiger partial charge in [-0.25, -0.2) is 5.43 Å². The van der Waals surface area contributed by atoms with Gasteiger partial charge in [-0.15, -0.1) is 0 Å². The molecule has 0 atom stereocenters. The molecule has 3 aromatic rings. The fraction of sp³-hybridized carbons (Fsp3) is 0.455. The lowest BCUT2D eigenvalue weighted by Crippen LogP contribution is -2.24. The number of unbranched alkanes of at least 4 members (excludes halogenated alkanes) is 11. The molecule has 0 radical (unpaired) electrons. The summed E-state index contributed by atoms with van der Waals surface area (Å²) in [6.45, 7) is 2.26. The van der Waals surface area contributed by atoms with Gasteiger partial charge in [-0.05, 0) is 61.4 Å². The van der Waals surface area contributed by atoms with Crippen LogP contribution in [0.5, 0.6) is 5.75 Å². The van der Waals surface area contributed by atoms with Gasteiger partial charge in [0.2, 0.25) is 0 Å². The number of benzene rings is 1. The van der Waals surface area contributed by atoms with Crippen molar-refractivity contribution >= 4 is 11.6 Å². The zero-order chi connectivity index (χ0) is 27.5. The summed E-state index contributed by atoms with van der Waals surface area (Å²) in [5, 5.41) is 14.2. The lowest BCUT2D eigenvalue weighted by atomic mass is 9.90. The number of rotatable bonds is 18. The number of nitrogens with zero attached hydrogens (tertiary/aromatic N) is 3. The molecule has 0 fully saturated rings. The van der Waals surface area contributed by atoms with Crippen molar-refractivity contribution in [3.8, 4) is 5.75 Å². The number of hydrogen-bond acceptors (Lipinski definition) is 5. The summed E-state index contributed by atoms with van der Waals surface area (Å²) in [6.07, 6.45) is 19.7. The summed E-state index contributed by atoms with van der Waals surface area (Å²) in [7, 11) is 0. The first-order valence-corrected chi connectivity index (χ1v) is 14.7. The summed E-state index contributed by atoms with van der Waals surface area (Å²) >= 11 is 0. The lowest BCUT2D eigenvalue weighted by molar-refractivity contribution is 0.0954. The number of pyridine rings is 2. The van der Waals surface area contributed by atoms with Crippen LogP contribution in [-0.2, 0) is 0 Å². The van der Waals surface area contributed by atoms with E-state index in [-0.39, 0.29) is 17.6 Å². The molecule has 1 amide bonds. The molecule has 0 aliphatic heterocycles. The molecular weight excluding hydrogens is 484 g/mol. The van der Waals surface area contributed by atoms with Gasteiger partial charge in [0.15, 0.2) is 0 Å². The third-order valence-electron chi connectivity index (χ3n) is 7.02. The minimum atomic E-state index is -0.317. The largest absolute Gasteiger partial charge is 0.508 e. The highest BCUT2D eigenvalue weighted by atomic mass is 16.3. The van der Waals surface area contributed by atoms with Crippen LogP contribution >= 0.6 is 0 Å². The number of nitrogens with one attached hydrogen (secondary N) is 1. The van der Waals surface area contributed by atoms with E-state index in [9.17, 15) is 9.90 Å². The molecule has 39 heavy (non-hydrogen) atoms. The first-order chi connectivity index (χ1) is 19.2. The second kappa shape index (κ2) is 17.9. The molecule has 3 rings (SSSR count). The number of hydrazone groups is 1. The zero-order valence-corrected chi connectivity index (χ0v) is 23.4. The van der Waals surface area contributed by atoms with Gasteiger partial charge >= 0.3 is 0 Å². The highest BCUT2D eigenvalue weighted by Gasteiger charge is 2.23. The summed E-state index contributed by atoms with van der Waals surface area (Å²) in [5.74, 6) is -0.448. The van der Waals surface area contributed by atoms with Crippen molar-refractivity contribution in [2.45, 2.75) is 96.3 Å². The molecular formula is C33H44N4O2. The Hall–Kier alpha value is -3.54. The first kappa shape index (κ1) is 30.0. The van der Waals surface area contributed by atoms with Crippen molar-refractivity contribution in [1.29, 1.82) is 0 Å². The van der Waals surface area contributed by atoms with Crippen molar-refractivity contribution in [2.24, 2.45) is 5.10 Å². The molecule has 6 heteroatoms. The number of phenolic OH excluding ortho intramolecular Hbond substituents is 1. The molecule has 2 heterocycles. The number of aromatic hydroxyl groups is 1. The molecule has 0 unspecified atom stereocenters. The molecule has 1 aromatic carbocycles. The Balaban J connectivity index is 1.61. The molecule has 2 aromatic heterocycles. The lowest BCUT2D eigenvalue weighted by Gasteiger charge is -2.19. The highest BCUT2D eigenvalue weighted by molar-refractivity contribution is 5.97. The SMILES string of the molecule is CCCCCCCCCCCCCCC(=NNC(=O)c1ccc(O)cc1)C(c1ccccn1)c1ccccn1. The topological polar surface area (TPSA) is 87.5 Å². The maximum absolute atomic E-state index is 12.8. The van der Waals surface area contributed by atoms with Gasteiger partial charge in [-0.1, -0.05) is 89.7 Å². The van der Waals surface area contributed by atoms with E-state index >= 15 is 0 Å². The first-order valence-electron chi connectivity index (χ1n) is 14.7. The third kappa shape index (κ3) is 11.0. The molecule has 2 N–H and O–H groups in total. The Kier molecular flexibility index (Phi) is 13.8. The van der Waals surface area contributed by atoms with Crippen LogP contribution in [0.1, 0.15) is 118 Å². The maximum atomic E-state index is 12.8. The average Bonchev–Trinajstić information content (AvgIpc) is 2.97. The van der Waals surface area contributed by atoms with Crippen molar-refractivity contribution in [1.82, 2.24) is 15.4 Å². The molecule has 0 aliphatic carbocycles. The minimum absolute atomic E-state index is 0.119. The molecule has 0 aliphatic rings. The van der Waals surface area contributed by atoms with Crippen LogP contribution in [0.25, 0.3) is 0 Å². The van der Waals surface area contributed by atoms with E-state index in [4.69, 9.17) is 0 Å².